The molecule has 1 unspecified atom stereocenters. The average Bonchev–Trinajstić information content (AvgIpc) is 0.763. The van der Waals surface area contributed by atoms with E-state index in [1.165, 1.54) is 38.4 Å². The van der Waals surface area contributed by atoms with Crippen LogP contribution >= 0.6 is 23.2 Å². The first-order valence-corrected chi connectivity index (χ1v) is 42.8. The molecule has 40 nitrogen and oxygen atoms in total. The number of nitrogens with two attached hydrogens (primary N) is 1. The topological polar surface area (TPSA) is 631 Å². The lowest BCUT2D eigenvalue weighted by Crippen LogP contribution is -2.65. The van der Waals surface area contributed by atoms with Crippen molar-refractivity contribution in [1.29, 1.82) is 0 Å². The number of primary amides is 1. The van der Waals surface area contributed by atoms with E-state index in [1.54, 1.807) is 13.8 Å². The Kier molecular flexibility index (Phi) is 33.4. The number of carbonyl (C=O) groups excluding carboxylic acids is 7. The first-order chi connectivity index (χ1) is 60.4. The molecule has 696 valence electrons. The van der Waals surface area contributed by atoms with E-state index in [4.69, 9.17) is 62.1 Å². The minimum atomic E-state index is -2.45. The first kappa shape index (κ1) is 98.1. The number of aliphatic carboxylic acids is 1. The van der Waals surface area contributed by atoms with Gasteiger partial charge in [0.25, 0.3) is 0 Å². The summed E-state index contributed by atoms with van der Waals surface area (Å²) in [4.78, 5) is 120. The summed E-state index contributed by atoms with van der Waals surface area (Å²) < 4.78 is 44.8. The number of fused-ring (bicyclic) bond motifs is 15. The fourth-order valence-electron chi connectivity index (χ4n) is 16.4. The van der Waals surface area contributed by atoms with Crippen molar-refractivity contribution in [2.24, 2.45) is 11.7 Å². The van der Waals surface area contributed by atoms with Crippen LogP contribution in [0.4, 0.5) is 0 Å². The van der Waals surface area contributed by atoms with Gasteiger partial charge < -0.3 is 164 Å². The van der Waals surface area contributed by atoms with E-state index in [-0.39, 0.29) is 35.6 Å². The van der Waals surface area contributed by atoms with E-state index in [0.29, 0.717) is 13.1 Å². The molecular weight excluding hydrogens is 1710 g/mol. The molecule has 8 heterocycles. The number of benzene rings is 5. The fourth-order valence-corrected chi connectivity index (χ4v) is 16.8. The number of nitrogens with one attached hydrogen (secondary N) is 10. The third-order valence-electron chi connectivity index (χ3n) is 23.5. The summed E-state index contributed by atoms with van der Waals surface area (Å²) in [6, 6.07) is -4.21. The number of rotatable bonds is 30. The van der Waals surface area contributed by atoms with E-state index in [0.717, 1.165) is 99.3 Å². The zero-order valence-electron chi connectivity index (χ0n) is 70.4. The Morgan fingerprint density at radius 1 is 0.646 bits per heavy atom. The maximum Gasteiger partial charge on any atom is 0.330 e. The molecule has 8 aliphatic rings. The van der Waals surface area contributed by atoms with Gasteiger partial charge in [0.05, 0.1) is 59.5 Å². The number of ether oxygens (including phenoxy) is 7. The Labute approximate surface area is 739 Å². The van der Waals surface area contributed by atoms with E-state index in [9.17, 15) is 85.9 Å². The number of aromatic hydroxyl groups is 3. The number of hydrogen-bond acceptors (Lipinski definition) is 32. The Bertz CT molecular complexity index is 4770. The highest BCUT2D eigenvalue weighted by molar-refractivity contribution is 6.32. The normalized spacial score (nSPS) is 29.5. The number of halogens is 2. The second kappa shape index (κ2) is 43.3. The van der Waals surface area contributed by atoms with Gasteiger partial charge in [0.15, 0.2) is 36.2 Å². The van der Waals surface area contributed by atoms with Crippen LogP contribution in [0.5, 0.6) is 46.0 Å². The number of carboxylic acid groups (broad SMARTS) is 1. The molecule has 3 saturated heterocycles. The Hall–Kier alpha value is -9.48. The van der Waals surface area contributed by atoms with Gasteiger partial charge in [-0.05, 0) is 123 Å². The monoisotopic (exact) mass is 1820 g/mol. The molecule has 11 bridgehead atoms. The van der Waals surface area contributed by atoms with Gasteiger partial charge in [-0.1, -0.05) is 107 Å². The predicted molar refractivity (Wildman–Crippen MR) is 449 cm³/mol. The lowest BCUT2D eigenvalue weighted by molar-refractivity contribution is -0.334. The highest BCUT2D eigenvalue weighted by atomic mass is 35.5. The lowest BCUT2D eigenvalue weighted by atomic mass is 9.85. The summed E-state index contributed by atoms with van der Waals surface area (Å²) in [5.41, 5.74) is 0.426. The number of carboxylic acids is 1. The van der Waals surface area contributed by atoms with Crippen LogP contribution in [0.15, 0.2) is 72.8 Å². The van der Waals surface area contributed by atoms with E-state index in [2.05, 4.69) is 60.1 Å². The number of carbonyl (C=O) groups is 8. The van der Waals surface area contributed by atoms with Gasteiger partial charge in [-0.2, -0.15) is 0 Å². The van der Waals surface area contributed by atoms with Crippen molar-refractivity contribution in [3.63, 3.8) is 0 Å². The highest BCUT2D eigenvalue weighted by Crippen LogP contribution is 2.51. The molecule has 42 heteroatoms. The Balaban J connectivity index is 1.09. The zero-order valence-corrected chi connectivity index (χ0v) is 72.0. The van der Waals surface area contributed by atoms with Crippen molar-refractivity contribution in [3.8, 4) is 57.1 Å². The standard InChI is InChI=1S/C85H113Cl2N11O29/c1-7-8-9-10-11-12-13-14-21-90-22-23-92-85(5)32-58(121-37(4)75(85)111)126-74-72(110)70(108)56(35-100)125-84(74)127-73-53-28-41-29-54(73)123-52-20-17-40(27-46(52)87)67(105)64-81(117)96-62(82(118)119)43-30-50(102)44(33-91-65-71(109)69(107)55(34-99)124-83(65)120)68(106)59(43)42-25-38(15-18-49(42)101)60(78(114)98-64)95-79(115)61(41)94-77(113)48(31-57(88)103)93-80(116)63(97-76(112)47(89-6)24-36(2)3)66(104)39-16-19-51(122-53)45(86)26-39/h15-20,25-30,36-37,47-48,55-56,58,60-67,69-72,74-75,83-84,89-92,99-102,104-111,120H,7-14,21-24,31-35H2,1-6H3,(H2,88,103)(H,93,116)(H,94,113)(H,95,115)(H,96,117)(H,97,112)(H,98,114)(H,118,119)/t37-,47+,48-,55+,56+,58-,60+,61+,62-,63+,64-,65+,66+,67+,69-,70+,71+,72-,74+,75+,83?,84-,85-/m0/s1. The predicted octanol–water partition coefficient (Wildman–Crippen LogP) is 0.357. The summed E-state index contributed by atoms with van der Waals surface area (Å²) in [7, 11) is 1.46. The highest BCUT2D eigenvalue weighted by Gasteiger charge is 2.53. The molecule has 3 fully saturated rings. The molecule has 23 atom stereocenters. The van der Waals surface area contributed by atoms with Gasteiger partial charge in [-0.25, -0.2) is 4.79 Å². The molecule has 13 rings (SSSR count). The molecule has 127 heavy (non-hydrogen) atoms. The van der Waals surface area contributed by atoms with E-state index in [1.807, 2.05) is 13.8 Å². The molecule has 5 aromatic carbocycles. The lowest BCUT2D eigenvalue weighted by Gasteiger charge is -2.48. The number of unbranched alkanes of at least 4 members (excludes halogenated alkanes) is 7. The quantitative estimate of drug-likeness (QED) is 0.0276. The largest absolute Gasteiger partial charge is 0.507 e. The summed E-state index contributed by atoms with van der Waals surface area (Å²) in [5.74, 6) is -17.3. The van der Waals surface area contributed by atoms with Crippen molar-refractivity contribution >= 4 is 70.5 Å². The molecule has 0 spiro atoms. The SMILES string of the molecule is CCCCCCCCCCNCCN[C@@]1(C)C[C@H](O[C@H]2[C@H](Oc3c4cc5cc3Oc3ccc(cc3Cl)[C@@H](O)[C@@H](NC(=O)[C@@H](CC(C)C)NC)C(=O)N[C@@H](CC(N)=O)C(=O)N[C@H]5C(=O)N[C@H]3C(=O)N[C@H](C(=O)N[C@H](C(=O)O)c5cc(O)c(CN[C@H]6C(O)O[C@H](CO)[C@H](O)[C@@H]6O)c(O)c5-c5cc3ccc5O)[C@H](O)c3ccc(c(Cl)c3)O4)O[C@H](CO)[C@@H](O)[C@@H]2O)O[C@@H](C)[C@H]1O. The molecule has 5 aromatic rings. The molecule has 0 aromatic heterocycles. The number of aliphatic hydroxyl groups is 10. The molecular formula is C85H113Cl2N11O29. The first-order valence-electron chi connectivity index (χ1n) is 42.1. The Morgan fingerprint density at radius 2 is 1.24 bits per heavy atom. The van der Waals surface area contributed by atoms with Crippen LogP contribution in [-0.4, -0.2) is 268 Å². The van der Waals surface area contributed by atoms with Crippen molar-refractivity contribution in [3.05, 3.63) is 116 Å². The molecule has 0 radical (unpaired) electrons. The summed E-state index contributed by atoms with van der Waals surface area (Å²) in [6.45, 7) is 8.04. The zero-order chi connectivity index (χ0) is 92.3. The fraction of sp³-hybridized carbons (Fsp3) is 0.553. The molecule has 7 amide bonds. The van der Waals surface area contributed by atoms with Gasteiger partial charge in [0.2, 0.25) is 53.4 Å². The number of likely N-dealkylation sites (N-methyl/N-ethyl adjacent to an activating group) is 1. The number of amides is 7. The van der Waals surface area contributed by atoms with E-state index < -0.39 is 297 Å². The maximum absolute atomic E-state index is 16.5. The van der Waals surface area contributed by atoms with Crippen LogP contribution in [-0.2, 0) is 63.8 Å². The average molecular weight is 1820 g/mol. The van der Waals surface area contributed by atoms with Crippen LogP contribution in [0, 0.1) is 5.92 Å². The number of aliphatic hydroxyl groups excluding tert-OH is 10. The minimum Gasteiger partial charge on any atom is -0.507 e. The van der Waals surface area contributed by atoms with Crippen LogP contribution in [0.3, 0.4) is 0 Å². The van der Waals surface area contributed by atoms with Gasteiger partial charge in [0.1, 0.15) is 108 Å². The third kappa shape index (κ3) is 22.9. The maximum atomic E-state index is 16.5. The van der Waals surface area contributed by atoms with Crippen molar-refractivity contribution in [2.45, 2.75) is 252 Å². The molecule has 0 aliphatic carbocycles. The number of phenolic OH excluding ortho intramolecular Hbond substituents is 3. The van der Waals surface area contributed by atoms with Crippen LogP contribution in [0.1, 0.15) is 169 Å². The summed E-state index contributed by atoms with van der Waals surface area (Å²) in [5, 5.41) is 188. The van der Waals surface area contributed by atoms with Gasteiger partial charge >= 0.3 is 5.97 Å². The Morgan fingerprint density at radius 3 is 1.86 bits per heavy atom. The number of hydrogen-bond donors (Lipinski definition) is 25. The summed E-state index contributed by atoms with van der Waals surface area (Å²) >= 11 is 14.4. The van der Waals surface area contributed by atoms with Gasteiger partial charge in [0, 0.05) is 48.3 Å². The van der Waals surface area contributed by atoms with Crippen molar-refractivity contribution < 1.29 is 143 Å². The number of phenols is 3. The molecule has 26 N–H and O–H groups in total. The third-order valence-corrected chi connectivity index (χ3v) is 24.1. The van der Waals surface area contributed by atoms with Gasteiger partial charge in [-0.3, -0.25) is 33.6 Å². The molecule has 8 aliphatic heterocycles. The second-order valence-electron chi connectivity index (χ2n) is 33.2. The van der Waals surface area contributed by atoms with Crippen molar-refractivity contribution in [2.75, 3.05) is 39.9 Å². The van der Waals surface area contributed by atoms with Crippen LogP contribution in [0.25, 0.3) is 11.1 Å². The second-order valence-corrected chi connectivity index (χ2v) is 34.0. The van der Waals surface area contributed by atoms with Crippen molar-refractivity contribution in [1.82, 2.24) is 53.2 Å². The van der Waals surface area contributed by atoms with Crippen LogP contribution < -0.4 is 73.1 Å². The van der Waals surface area contributed by atoms with E-state index >= 15 is 24.0 Å². The van der Waals surface area contributed by atoms with Gasteiger partial charge in [-0.15, -0.1) is 0 Å². The smallest absolute Gasteiger partial charge is 0.330 e. The van der Waals surface area contributed by atoms with Crippen LogP contribution in [0.2, 0.25) is 10.0 Å². The minimum absolute atomic E-state index is 0.130. The summed E-state index contributed by atoms with van der Waals surface area (Å²) in [6.07, 6.45) is -16.9. The molecule has 0 saturated carbocycles.